The number of hydrogen-bond donors (Lipinski definition) is 1. The highest BCUT2D eigenvalue weighted by Gasteiger charge is 2.21. The van der Waals surface area contributed by atoms with Crippen molar-refractivity contribution in [3.63, 3.8) is 0 Å². The van der Waals surface area contributed by atoms with Crippen LogP contribution >= 0.6 is 23.5 Å². The molecule has 2 rings (SSSR count). The summed E-state index contributed by atoms with van der Waals surface area (Å²) in [7, 11) is 0. The van der Waals surface area contributed by atoms with Gasteiger partial charge in [0.1, 0.15) is 0 Å². The van der Waals surface area contributed by atoms with Crippen LogP contribution < -0.4 is 5.32 Å². The third-order valence-electron chi connectivity index (χ3n) is 2.83. The predicted octanol–water partition coefficient (Wildman–Crippen LogP) is 3.71. The SMILES string of the molecule is CC(C)(C)c1nnc(SCC(=O)Nc2ccccc2SCC#N)o1. The van der Waals surface area contributed by atoms with E-state index in [-0.39, 0.29) is 17.1 Å². The number of anilines is 1. The van der Waals surface area contributed by atoms with E-state index in [1.54, 1.807) is 0 Å². The summed E-state index contributed by atoms with van der Waals surface area (Å²) in [5, 5.41) is 19.8. The van der Waals surface area contributed by atoms with E-state index in [0.29, 0.717) is 22.6 Å². The molecular formula is C16H18N4O2S2. The molecule has 0 saturated heterocycles. The van der Waals surface area contributed by atoms with Gasteiger partial charge in [0.2, 0.25) is 11.8 Å². The van der Waals surface area contributed by atoms with Crippen molar-refractivity contribution in [2.24, 2.45) is 0 Å². The number of nitrogens with one attached hydrogen (secondary N) is 1. The number of carbonyl (C=O) groups is 1. The summed E-state index contributed by atoms with van der Waals surface area (Å²) < 4.78 is 5.55. The number of rotatable bonds is 6. The van der Waals surface area contributed by atoms with Gasteiger partial charge in [-0.1, -0.05) is 44.7 Å². The largest absolute Gasteiger partial charge is 0.415 e. The quantitative estimate of drug-likeness (QED) is 0.783. The molecule has 24 heavy (non-hydrogen) atoms. The van der Waals surface area contributed by atoms with Crippen LogP contribution in [0.15, 0.2) is 38.8 Å². The van der Waals surface area contributed by atoms with Gasteiger partial charge in [0.25, 0.3) is 5.22 Å². The highest BCUT2D eigenvalue weighted by atomic mass is 32.2. The first-order chi connectivity index (χ1) is 11.4. The van der Waals surface area contributed by atoms with E-state index in [2.05, 4.69) is 21.6 Å². The molecule has 0 aliphatic heterocycles. The number of aromatic nitrogens is 2. The normalized spacial score (nSPS) is 11.1. The molecule has 1 amide bonds. The Balaban J connectivity index is 1.92. The Bertz CT molecular complexity index is 747. The Labute approximate surface area is 149 Å². The van der Waals surface area contributed by atoms with E-state index in [4.69, 9.17) is 9.68 Å². The molecule has 1 aromatic carbocycles. The third kappa shape index (κ3) is 5.28. The van der Waals surface area contributed by atoms with E-state index in [1.807, 2.05) is 45.0 Å². The lowest BCUT2D eigenvalue weighted by Crippen LogP contribution is -2.14. The zero-order chi connectivity index (χ0) is 17.6. The summed E-state index contributed by atoms with van der Waals surface area (Å²) in [6, 6.07) is 9.47. The van der Waals surface area contributed by atoms with Gasteiger partial charge in [-0.05, 0) is 12.1 Å². The molecule has 1 aromatic heterocycles. The Morgan fingerprint density at radius 1 is 1.29 bits per heavy atom. The molecule has 1 N–H and O–H groups in total. The number of carbonyl (C=O) groups excluding carboxylic acids is 1. The Morgan fingerprint density at radius 2 is 2.04 bits per heavy atom. The number of thioether (sulfide) groups is 2. The highest BCUT2D eigenvalue weighted by Crippen LogP contribution is 2.27. The van der Waals surface area contributed by atoms with Crippen molar-refractivity contribution < 1.29 is 9.21 Å². The molecule has 0 unspecified atom stereocenters. The maximum atomic E-state index is 12.1. The van der Waals surface area contributed by atoms with Gasteiger partial charge in [-0.2, -0.15) is 5.26 Å². The van der Waals surface area contributed by atoms with Gasteiger partial charge in [0, 0.05) is 10.3 Å². The van der Waals surface area contributed by atoms with Crippen molar-refractivity contribution in [1.82, 2.24) is 10.2 Å². The second-order valence-electron chi connectivity index (χ2n) is 5.90. The third-order valence-corrected chi connectivity index (χ3v) is 4.59. The molecule has 1 heterocycles. The molecule has 0 spiro atoms. The molecule has 0 saturated carbocycles. The standard InChI is InChI=1S/C16H18N4O2S2/c1-16(2,3)14-19-20-15(22-14)24-10-13(21)18-11-6-4-5-7-12(11)23-9-8-17/h4-7H,9-10H2,1-3H3,(H,18,21). The van der Waals surface area contributed by atoms with Gasteiger partial charge in [-0.15, -0.1) is 22.0 Å². The first kappa shape index (κ1) is 18.4. The second-order valence-corrected chi connectivity index (χ2v) is 7.85. The lowest BCUT2D eigenvalue weighted by molar-refractivity contribution is -0.113. The number of amides is 1. The predicted molar refractivity (Wildman–Crippen MR) is 95.1 cm³/mol. The van der Waals surface area contributed by atoms with Crippen LogP contribution in [0.4, 0.5) is 5.69 Å². The van der Waals surface area contributed by atoms with E-state index >= 15 is 0 Å². The molecular weight excluding hydrogens is 344 g/mol. The van der Waals surface area contributed by atoms with E-state index in [1.165, 1.54) is 23.5 Å². The average Bonchev–Trinajstić information content (AvgIpc) is 3.01. The molecule has 6 nitrogen and oxygen atoms in total. The number of para-hydroxylation sites is 1. The van der Waals surface area contributed by atoms with Crippen molar-refractivity contribution in [3.05, 3.63) is 30.2 Å². The minimum absolute atomic E-state index is 0.166. The summed E-state index contributed by atoms with van der Waals surface area (Å²) in [5.41, 5.74) is 0.481. The zero-order valence-electron chi connectivity index (χ0n) is 13.7. The maximum absolute atomic E-state index is 12.1. The van der Waals surface area contributed by atoms with Crippen molar-refractivity contribution in [1.29, 1.82) is 5.26 Å². The van der Waals surface area contributed by atoms with Crippen molar-refractivity contribution in [3.8, 4) is 6.07 Å². The summed E-state index contributed by atoms with van der Waals surface area (Å²) >= 11 is 2.58. The Kier molecular flexibility index (Phi) is 6.29. The summed E-state index contributed by atoms with van der Waals surface area (Å²) in [6.07, 6.45) is 0. The number of nitrogens with zero attached hydrogens (tertiary/aromatic N) is 3. The molecule has 0 aliphatic carbocycles. The maximum Gasteiger partial charge on any atom is 0.277 e. The van der Waals surface area contributed by atoms with Crippen molar-refractivity contribution >= 4 is 35.1 Å². The van der Waals surface area contributed by atoms with Crippen LogP contribution in [0.3, 0.4) is 0 Å². The second kappa shape index (κ2) is 8.22. The Morgan fingerprint density at radius 3 is 2.71 bits per heavy atom. The number of hydrogen-bond acceptors (Lipinski definition) is 7. The molecule has 0 aliphatic rings. The number of nitriles is 1. The van der Waals surface area contributed by atoms with Gasteiger partial charge in [-0.25, -0.2) is 0 Å². The zero-order valence-corrected chi connectivity index (χ0v) is 15.3. The van der Waals surface area contributed by atoms with Gasteiger partial charge in [-0.3, -0.25) is 4.79 Å². The van der Waals surface area contributed by atoms with Gasteiger partial charge >= 0.3 is 0 Å². The Hall–Kier alpha value is -1.98. The van der Waals surface area contributed by atoms with Crippen LogP contribution in [-0.2, 0) is 10.2 Å². The monoisotopic (exact) mass is 362 g/mol. The smallest absolute Gasteiger partial charge is 0.277 e. The van der Waals surface area contributed by atoms with Crippen LogP contribution in [0.1, 0.15) is 26.7 Å². The van der Waals surface area contributed by atoms with Gasteiger partial charge in [0.05, 0.1) is 23.3 Å². The van der Waals surface area contributed by atoms with Gasteiger partial charge < -0.3 is 9.73 Å². The molecule has 2 aromatic rings. The first-order valence-corrected chi connectivity index (χ1v) is 9.22. The molecule has 8 heteroatoms. The highest BCUT2D eigenvalue weighted by molar-refractivity contribution is 8.00. The van der Waals surface area contributed by atoms with Gasteiger partial charge in [0.15, 0.2) is 0 Å². The minimum Gasteiger partial charge on any atom is -0.415 e. The topological polar surface area (TPSA) is 91.8 Å². The molecule has 0 radical (unpaired) electrons. The van der Waals surface area contributed by atoms with Crippen LogP contribution in [-0.4, -0.2) is 27.6 Å². The van der Waals surface area contributed by atoms with E-state index < -0.39 is 0 Å². The first-order valence-electron chi connectivity index (χ1n) is 7.25. The van der Waals surface area contributed by atoms with Crippen LogP contribution in [0.25, 0.3) is 0 Å². The number of benzene rings is 1. The summed E-state index contributed by atoms with van der Waals surface area (Å²) in [4.78, 5) is 13.0. The van der Waals surface area contributed by atoms with Crippen LogP contribution in [0, 0.1) is 11.3 Å². The fourth-order valence-electron chi connectivity index (χ4n) is 1.69. The summed E-state index contributed by atoms with van der Waals surface area (Å²) in [5.74, 6) is 0.881. The van der Waals surface area contributed by atoms with Crippen molar-refractivity contribution in [2.75, 3.05) is 16.8 Å². The molecule has 0 fully saturated rings. The fourth-order valence-corrected chi connectivity index (χ4v) is 2.92. The van der Waals surface area contributed by atoms with E-state index in [9.17, 15) is 4.79 Å². The fraction of sp³-hybridized carbons (Fsp3) is 0.375. The lowest BCUT2D eigenvalue weighted by atomic mass is 9.97. The van der Waals surface area contributed by atoms with Crippen LogP contribution in [0.2, 0.25) is 0 Å². The molecule has 0 atom stereocenters. The van der Waals surface area contributed by atoms with Crippen molar-refractivity contribution in [2.45, 2.75) is 36.3 Å². The minimum atomic E-state index is -0.217. The lowest BCUT2D eigenvalue weighted by Gasteiger charge is -2.11. The molecule has 0 bridgehead atoms. The van der Waals surface area contributed by atoms with E-state index in [0.717, 1.165) is 4.90 Å². The summed E-state index contributed by atoms with van der Waals surface area (Å²) in [6.45, 7) is 5.95. The van der Waals surface area contributed by atoms with Crippen LogP contribution in [0.5, 0.6) is 0 Å². The molecule has 126 valence electrons. The average molecular weight is 362 g/mol.